The van der Waals surface area contributed by atoms with E-state index in [0.717, 1.165) is 19.4 Å². The highest BCUT2D eigenvalue weighted by Crippen LogP contribution is 2.26. The summed E-state index contributed by atoms with van der Waals surface area (Å²) >= 11 is 0. The standard InChI is InChI=1S/C15H26N2O3/c1-4-15(5-2)14(19)17(10-12-7-6-8-20-12)11(3)9-13(18)16-15/h11-12H,4-10H2,1-3H3,(H,16,18). The summed E-state index contributed by atoms with van der Waals surface area (Å²) in [5.41, 5.74) is -0.736. The summed E-state index contributed by atoms with van der Waals surface area (Å²) < 4.78 is 5.66. The van der Waals surface area contributed by atoms with Gasteiger partial charge in [-0.3, -0.25) is 9.59 Å². The van der Waals surface area contributed by atoms with E-state index in [4.69, 9.17) is 4.74 Å². The Morgan fingerprint density at radius 3 is 2.60 bits per heavy atom. The molecular formula is C15H26N2O3. The Morgan fingerprint density at radius 1 is 1.35 bits per heavy atom. The number of carbonyl (C=O) groups excluding carboxylic acids is 2. The minimum atomic E-state index is -0.736. The largest absolute Gasteiger partial charge is 0.376 e. The van der Waals surface area contributed by atoms with Gasteiger partial charge in [0.2, 0.25) is 11.8 Å². The Bertz CT molecular complexity index is 373. The summed E-state index contributed by atoms with van der Waals surface area (Å²) in [4.78, 5) is 26.8. The van der Waals surface area contributed by atoms with Crippen molar-refractivity contribution in [1.82, 2.24) is 10.2 Å². The lowest BCUT2D eigenvalue weighted by Crippen LogP contribution is -2.58. The first-order valence-electron chi connectivity index (χ1n) is 7.76. The molecule has 2 fully saturated rings. The van der Waals surface area contributed by atoms with Crippen LogP contribution in [0.1, 0.15) is 52.9 Å². The van der Waals surface area contributed by atoms with E-state index < -0.39 is 5.54 Å². The van der Waals surface area contributed by atoms with Gasteiger partial charge in [0.25, 0.3) is 0 Å². The van der Waals surface area contributed by atoms with Crippen molar-refractivity contribution in [3.05, 3.63) is 0 Å². The summed E-state index contributed by atoms with van der Waals surface area (Å²) in [6.07, 6.45) is 3.82. The Balaban J connectivity index is 2.22. The third kappa shape index (κ3) is 2.82. The van der Waals surface area contributed by atoms with Gasteiger partial charge in [0.15, 0.2) is 0 Å². The number of hydrogen-bond acceptors (Lipinski definition) is 3. The van der Waals surface area contributed by atoms with Gasteiger partial charge in [-0.15, -0.1) is 0 Å². The number of amides is 2. The minimum Gasteiger partial charge on any atom is -0.376 e. The second-order valence-electron chi connectivity index (χ2n) is 5.98. The zero-order valence-corrected chi connectivity index (χ0v) is 12.8. The molecule has 0 saturated carbocycles. The molecule has 2 aliphatic rings. The monoisotopic (exact) mass is 282 g/mol. The van der Waals surface area contributed by atoms with Crippen LogP contribution in [0.25, 0.3) is 0 Å². The van der Waals surface area contributed by atoms with E-state index in [1.807, 2.05) is 25.7 Å². The van der Waals surface area contributed by atoms with Crippen LogP contribution in [-0.2, 0) is 14.3 Å². The highest BCUT2D eigenvalue weighted by atomic mass is 16.5. The summed E-state index contributed by atoms with van der Waals surface area (Å²) in [7, 11) is 0. The maximum Gasteiger partial charge on any atom is 0.248 e. The molecule has 20 heavy (non-hydrogen) atoms. The third-order valence-corrected chi connectivity index (χ3v) is 4.69. The molecule has 2 amide bonds. The molecule has 2 atom stereocenters. The second kappa shape index (κ2) is 6.12. The van der Waals surface area contributed by atoms with E-state index >= 15 is 0 Å². The number of nitrogens with one attached hydrogen (secondary N) is 1. The van der Waals surface area contributed by atoms with Crippen LogP contribution in [0, 0.1) is 0 Å². The molecule has 2 rings (SSSR count). The van der Waals surface area contributed by atoms with Crippen LogP contribution in [0.5, 0.6) is 0 Å². The summed E-state index contributed by atoms with van der Waals surface area (Å²) in [5, 5.41) is 2.96. The highest BCUT2D eigenvalue weighted by Gasteiger charge is 2.44. The molecule has 2 heterocycles. The van der Waals surface area contributed by atoms with Crippen LogP contribution in [0.3, 0.4) is 0 Å². The Hall–Kier alpha value is -1.10. The molecular weight excluding hydrogens is 256 g/mol. The Morgan fingerprint density at radius 2 is 2.05 bits per heavy atom. The molecule has 0 aromatic carbocycles. The van der Waals surface area contributed by atoms with Crippen LogP contribution in [-0.4, -0.2) is 47.6 Å². The van der Waals surface area contributed by atoms with Crippen LogP contribution < -0.4 is 5.32 Å². The van der Waals surface area contributed by atoms with Gasteiger partial charge in [0, 0.05) is 25.6 Å². The van der Waals surface area contributed by atoms with Crippen molar-refractivity contribution < 1.29 is 14.3 Å². The molecule has 1 N–H and O–H groups in total. The van der Waals surface area contributed by atoms with E-state index in [1.54, 1.807) is 0 Å². The minimum absolute atomic E-state index is 0.0237. The molecule has 0 aliphatic carbocycles. The zero-order chi connectivity index (χ0) is 14.8. The van der Waals surface area contributed by atoms with Crippen molar-refractivity contribution >= 4 is 11.8 Å². The number of rotatable bonds is 4. The molecule has 2 unspecified atom stereocenters. The normalized spacial score (nSPS) is 30.2. The fourth-order valence-electron chi connectivity index (χ4n) is 3.22. The SMILES string of the molecule is CCC1(CC)NC(=O)CC(C)N(CC2CCCO2)C1=O. The molecule has 5 nitrogen and oxygen atoms in total. The van der Waals surface area contributed by atoms with Crippen LogP contribution in [0.2, 0.25) is 0 Å². The number of ether oxygens (including phenoxy) is 1. The molecule has 114 valence electrons. The predicted octanol–water partition coefficient (Wildman–Crippen LogP) is 1.46. The Kier molecular flexibility index (Phi) is 4.68. The van der Waals surface area contributed by atoms with Gasteiger partial charge in [-0.1, -0.05) is 13.8 Å². The first-order chi connectivity index (χ1) is 9.52. The molecule has 0 aromatic heterocycles. The van der Waals surface area contributed by atoms with Crippen molar-refractivity contribution in [1.29, 1.82) is 0 Å². The van der Waals surface area contributed by atoms with Crippen LogP contribution >= 0.6 is 0 Å². The molecule has 0 aromatic rings. The fourth-order valence-corrected chi connectivity index (χ4v) is 3.22. The molecule has 0 spiro atoms. The van der Waals surface area contributed by atoms with Crippen molar-refractivity contribution in [2.24, 2.45) is 0 Å². The van der Waals surface area contributed by atoms with Crippen molar-refractivity contribution in [3.63, 3.8) is 0 Å². The quantitative estimate of drug-likeness (QED) is 0.849. The van der Waals surface area contributed by atoms with E-state index in [9.17, 15) is 9.59 Å². The lowest BCUT2D eigenvalue weighted by Gasteiger charge is -2.36. The molecule has 2 aliphatic heterocycles. The third-order valence-electron chi connectivity index (χ3n) is 4.69. The molecule has 2 saturated heterocycles. The van der Waals surface area contributed by atoms with Gasteiger partial charge in [-0.05, 0) is 32.6 Å². The van der Waals surface area contributed by atoms with E-state index in [1.165, 1.54) is 0 Å². The topological polar surface area (TPSA) is 58.6 Å². The smallest absolute Gasteiger partial charge is 0.248 e. The summed E-state index contributed by atoms with van der Waals surface area (Å²) in [6, 6.07) is -0.0633. The first-order valence-corrected chi connectivity index (χ1v) is 7.76. The van der Waals surface area contributed by atoms with Gasteiger partial charge < -0.3 is 15.0 Å². The lowest BCUT2D eigenvalue weighted by molar-refractivity contribution is -0.142. The first kappa shape index (κ1) is 15.3. The maximum absolute atomic E-state index is 12.9. The average Bonchev–Trinajstić information content (AvgIpc) is 2.91. The average molecular weight is 282 g/mol. The fraction of sp³-hybridized carbons (Fsp3) is 0.867. The van der Waals surface area contributed by atoms with E-state index in [2.05, 4.69) is 5.32 Å². The van der Waals surface area contributed by atoms with Gasteiger partial charge in [0.05, 0.1) is 6.10 Å². The maximum atomic E-state index is 12.9. The zero-order valence-electron chi connectivity index (χ0n) is 12.8. The Labute approximate surface area is 121 Å². The second-order valence-corrected chi connectivity index (χ2v) is 5.98. The lowest BCUT2D eigenvalue weighted by atomic mass is 9.91. The molecule has 0 radical (unpaired) electrons. The van der Waals surface area contributed by atoms with Gasteiger partial charge in [-0.2, -0.15) is 0 Å². The van der Waals surface area contributed by atoms with Gasteiger partial charge >= 0.3 is 0 Å². The number of nitrogens with zero attached hydrogens (tertiary/aromatic N) is 1. The van der Waals surface area contributed by atoms with Crippen molar-refractivity contribution in [2.75, 3.05) is 13.2 Å². The van der Waals surface area contributed by atoms with Crippen molar-refractivity contribution in [3.8, 4) is 0 Å². The summed E-state index contributed by atoms with van der Waals surface area (Å²) in [6.45, 7) is 7.26. The highest BCUT2D eigenvalue weighted by molar-refractivity contribution is 5.94. The van der Waals surface area contributed by atoms with Crippen LogP contribution in [0.4, 0.5) is 0 Å². The number of hydrogen-bond donors (Lipinski definition) is 1. The summed E-state index contributed by atoms with van der Waals surface area (Å²) in [5.74, 6) is 0.0285. The predicted molar refractivity (Wildman–Crippen MR) is 76.2 cm³/mol. The van der Waals surface area contributed by atoms with E-state index in [0.29, 0.717) is 25.8 Å². The molecule has 0 bridgehead atoms. The van der Waals surface area contributed by atoms with E-state index in [-0.39, 0.29) is 24.0 Å². The van der Waals surface area contributed by atoms with Gasteiger partial charge in [-0.25, -0.2) is 0 Å². The van der Waals surface area contributed by atoms with Crippen LogP contribution in [0.15, 0.2) is 0 Å². The van der Waals surface area contributed by atoms with Gasteiger partial charge in [0.1, 0.15) is 5.54 Å². The van der Waals surface area contributed by atoms with Crippen molar-refractivity contribution in [2.45, 2.75) is 70.6 Å². The molecule has 5 heteroatoms. The number of carbonyl (C=O) groups is 2.